The fourth-order valence-electron chi connectivity index (χ4n) is 2.66. The molecule has 2 aromatic carbocycles. The highest BCUT2D eigenvalue weighted by Gasteiger charge is 2.33. The summed E-state index contributed by atoms with van der Waals surface area (Å²) in [4.78, 5) is 24.3. The molecule has 0 heterocycles. The zero-order chi connectivity index (χ0) is 20.3. The fourth-order valence-corrected chi connectivity index (χ4v) is 2.66. The highest BCUT2D eigenvalue weighted by Crippen LogP contribution is 2.34. The lowest BCUT2D eigenvalue weighted by Crippen LogP contribution is -2.26. The predicted molar refractivity (Wildman–Crippen MR) is 100 cm³/mol. The van der Waals surface area contributed by atoms with E-state index in [2.05, 4.69) is 16.0 Å². The minimum atomic E-state index is -4.56. The molecule has 28 heavy (non-hydrogen) atoms. The number of benzene rings is 2. The van der Waals surface area contributed by atoms with E-state index in [1.54, 1.807) is 18.2 Å². The van der Waals surface area contributed by atoms with Crippen LogP contribution >= 0.6 is 0 Å². The first kappa shape index (κ1) is 19.7. The number of halogens is 3. The number of nitrogens with one attached hydrogen (secondary N) is 3. The maximum absolute atomic E-state index is 13.0. The second-order valence-corrected chi connectivity index (χ2v) is 6.72. The van der Waals surface area contributed by atoms with Crippen molar-refractivity contribution in [3.63, 3.8) is 0 Å². The summed E-state index contributed by atoms with van der Waals surface area (Å²) in [6.07, 6.45) is -2.61. The van der Waals surface area contributed by atoms with Gasteiger partial charge in [-0.2, -0.15) is 13.2 Å². The van der Waals surface area contributed by atoms with Gasteiger partial charge in [-0.15, -0.1) is 0 Å². The van der Waals surface area contributed by atoms with Gasteiger partial charge < -0.3 is 16.0 Å². The molecule has 5 nitrogen and oxygen atoms in total. The smallest absolute Gasteiger partial charge is 0.376 e. The van der Waals surface area contributed by atoms with Crippen molar-refractivity contribution in [1.29, 1.82) is 0 Å². The maximum atomic E-state index is 13.0. The van der Waals surface area contributed by atoms with E-state index in [1.807, 2.05) is 6.92 Å². The topological polar surface area (TPSA) is 70.2 Å². The van der Waals surface area contributed by atoms with E-state index in [4.69, 9.17) is 0 Å². The van der Waals surface area contributed by atoms with Crippen LogP contribution in [-0.2, 0) is 11.0 Å². The van der Waals surface area contributed by atoms with Crippen molar-refractivity contribution in [1.82, 2.24) is 5.32 Å². The van der Waals surface area contributed by atoms with Crippen molar-refractivity contribution in [3.05, 3.63) is 59.2 Å². The molecule has 0 radical (unpaired) electrons. The molecule has 2 aromatic rings. The lowest BCUT2D eigenvalue weighted by atomic mass is 10.1. The van der Waals surface area contributed by atoms with Crippen LogP contribution in [0, 0.1) is 6.92 Å². The molecule has 148 valence electrons. The molecule has 0 atom stereocenters. The Hall–Kier alpha value is -3.03. The van der Waals surface area contributed by atoms with Gasteiger partial charge in [-0.05, 0) is 49.6 Å². The highest BCUT2D eigenvalue weighted by atomic mass is 19.4. The predicted octanol–water partition coefficient (Wildman–Crippen LogP) is 3.96. The van der Waals surface area contributed by atoms with Crippen LogP contribution in [0.4, 0.5) is 24.5 Å². The minimum absolute atomic E-state index is 0.186. The average Bonchev–Trinajstić information content (AvgIpc) is 3.44. The van der Waals surface area contributed by atoms with Crippen LogP contribution in [0.25, 0.3) is 0 Å². The first-order valence-corrected chi connectivity index (χ1v) is 8.85. The van der Waals surface area contributed by atoms with E-state index in [1.165, 1.54) is 18.2 Å². The molecule has 2 amide bonds. The molecule has 0 spiro atoms. The summed E-state index contributed by atoms with van der Waals surface area (Å²) in [5.41, 5.74) is 0.645. The third kappa shape index (κ3) is 5.03. The molecule has 1 fully saturated rings. The molecule has 3 rings (SSSR count). The van der Waals surface area contributed by atoms with Crippen molar-refractivity contribution in [2.24, 2.45) is 0 Å². The monoisotopic (exact) mass is 391 g/mol. The van der Waals surface area contributed by atoms with Gasteiger partial charge in [-0.1, -0.05) is 18.2 Å². The SMILES string of the molecule is Cc1ccc(C(=O)NC2CC2)cc1NCC(=O)Nc1ccccc1C(F)(F)F. The summed E-state index contributed by atoms with van der Waals surface area (Å²) in [5, 5.41) is 8.04. The molecular formula is C20H20F3N3O2. The van der Waals surface area contributed by atoms with Gasteiger partial charge >= 0.3 is 6.18 Å². The van der Waals surface area contributed by atoms with E-state index >= 15 is 0 Å². The minimum Gasteiger partial charge on any atom is -0.376 e. The van der Waals surface area contributed by atoms with Crippen molar-refractivity contribution in [3.8, 4) is 0 Å². The summed E-state index contributed by atoms with van der Waals surface area (Å²) in [6.45, 7) is 1.57. The Labute approximate surface area is 160 Å². The number of hydrogen-bond donors (Lipinski definition) is 3. The van der Waals surface area contributed by atoms with Gasteiger partial charge in [-0.25, -0.2) is 0 Å². The van der Waals surface area contributed by atoms with Crippen molar-refractivity contribution in [2.75, 3.05) is 17.2 Å². The number of rotatable bonds is 6. The molecule has 0 aromatic heterocycles. The molecular weight excluding hydrogens is 371 g/mol. The molecule has 1 aliphatic carbocycles. The Morgan fingerprint density at radius 2 is 1.79 bits per heavy atom. The van der Waals surface area contributed by atoms with Crippen molar-refractivity contribution >= 4 is 23.2 Å². The van der Waals surface area contributed by atoms with Crippen LogP contribution in [0.5, 0.6) is 0 Å². The van der Waals surface area contributed by atoms with Crippen LogP contribution in [0.15, 0.2) is 42.5 Å². The van der Waals surface area contributed by atoms with Gasteiger partial charge in [0.2, 0.25) is 5.91 Å². The number of carbonyl (C=O) groups is 2. The number of para-hydroxylation sites is 1. The second kappa shape index (κ2) is 7.92. The summed E-state index contributed by atoms with van der Waals surface area (Å²) in [7, 11) is 0. The Morgan fingerprint density at radius 1 is 1.07 bits per heavy atom. The van der Waals surface area contributed by atoms with Gasteiger partial charge in [0.1, 0.15) is 0 Å². The van der Waals surface area contributed by atoms with Gasteiger partial charge in [0.05, 0.1) is 17.8 Å². The largest absolute Gasteiger partial charge is 0.418 e. The van der Waals surface area contributed by atoms with E-state index < -0.39 is 17.6 Å². The van der Waals surface area contributed by atoms with Gasteiger partial charge in [0.15, 0.2) is 0 Å². The zero-order valence-corrected chi connectivity index (χ0v) is 15.2. The van der Waals surface area contributed by atoms with Gasteiger partial charge in [-0.3, -0.25) is 9.59 Å². The Bertz CT molecular complexity index is 893. The Balaban J connectivity index is 1.64. The quantitative estimate of drug-likeness (QED) is 0.698. The first-order chi connectivity index (χ1) is 13.2. The Morgan fingerprint density at radius 3 is 2.46 bits per heavy atom. The molecule has 0 saturated heterocycles. The van der Waals surface area contributed by atoms with E-state index in [0.717, 1.165) is 24.5 Å². The average molecular weight is 391 g/mol. The summed E-state index contributed by atoms with van der Waals surface area (Å²) in [6, 6.07) is 10.1. The van der Waals surface area contributed by atoms with Crippen LogP contribution in [-0.4, -0.2) is 24.4 Å². The summed E-state index contributed by atoms with van der Waals surface area (Å²) < 4.78 is 39.0. The van der Waals surface area contributed by atoms with Crippen LogP contribution < -0.4 is 16.0 Å². The molecule has 3 N–H and O–H groups in total. The van der Waals surface area contributed by atoms with Gasteiger partial charge in [0, 0.05) is 17.3 Å². The standard InChI is InChI=1S/C20H20F3N3O2/c1-12-6-7-13(19(28)25-14-8-9-14)10-17(12)24-11-18(27)26-16-5-3-2-4-15(16)20(21,22)23/h2-7,10,14,24H,8-9,11H2,1H3,(H,25,28)(H,26,27). The highest BCUT2D eigenvalue weighted by molar-refractivity contribution is 5.97. The molecule has 0 unspecified atom stereocenters. The summed E-state index contributed by atoms with van der Waals surface area (Å²) in [5.74, 6) is -0.807. The third-order valence-electron chi connectivity index (χ3n) is 4.36. The van der Waals surface area contributed by atoms with E-state index in [0.29, 0.717) is 11.3 Å². The molecule has 0 aliphatic heterocycles. The van der Waals surface area contributed by atoms with E-state index in [-0.39, 0.29) is 24.2 Å². The van der Waals surface area contributed by atoms with E-state index in [9.17, 15) is 22.8 Å². The maximum Gasteiger partial charge on any atom is 0.418 e. The van der Waals surface area contributed by atoms with Crippen molar-refractivity contribution in [2.45, 2.75) is 32.0 Å². The van der Waals surface area contributed by atoms with Gasteiger partial charge in [0.25, 0.3) is 5.91 Å². The number of alkyl halides is 3. The number of amides is 2. The number of anilines is 2. The van der Waals surface area contributed by atoms with Crippen LogP contribution in [0.2, 0.25) is 0 Å². The number of carbonyl (C=O) groups excluding carboxylic acids is 2. The van der Waals surface area contributed by atoms with Crippen molar-refractivity contribution < 1.29 is 22.8 Å². The lowest BCUT2D eigenvalue weighted by molar-refractivity contribution is -0.137. The number of aryl methyl sites for hydroxylation is 1. The number of hydrogen-bond acceptors (Lipinski definition) is 3. The normalized spacial score (nSPS) is 13.7. The third-order valence-corrected chi connectivity index (χ3v) is 4.36. The van der Waals surface area contributed by atoms with Crippen LogP contribution in [0.1, 0.15) is 34.3 Å². The summed E-state index contributed by atoms with van der Waals surface area (Å²) >= 11 is 0. The molecule has 0 bridgehead atoms. The fraction of sp³-hybridized carbons (Fsp3) is 0.300. The molecule has 1 saturated carbocycles. The van der Waals surface area contributed by atoms with Crippen LogP contribution in [0.3, 0.4) is 0 Å². The zero-order valence-electron chi connectivity index (χ0n) is 15.2. The first-order valence-electron chi connectivity index (χ1n) is 8.85. The second-order valence-electron chi connectivity index (χ2n) is 6.72. The molecule has 1 aliphatic rings. The lowest BCUT2D eigenvalue weighted by Gasteiger charge is -2.15. The molecule has 8 heteroatoms. The Kier molecular flexibility index (Phi) is 5.58.